The Morgan fingerprint density at radius 2 is 1.82 bits per heavy atom. The number of hydrogen-bond acceptors (Lipinski definition) is 3. The molecular formula is C14H29NO2. The minimum atomic E-state index is -0.789. The summed E-state index contributed by atoms with van der Waals surface area (Å²) in [4.78, 5) is 11.9. The molecule has 0 aromatic heterocycles. The number of unbranched alkanes of at least 4 members (excludes halogenated alkanes) is 1. The molecule has 102 valence electrons. The first kappa shape index (κ1) is 16.4. The summed E-state index contributed by atoms with van der Waals surface area (Å²) in [6.07, 6.45) is 5.85. The predicted octanol–water partition coefficient (Wildman–Crippen LogP) is 3.26. The lowest BCUT2D eigenvalue weighted by molar-refractivity contribution is -0.152. The maximum Gasteiger partial charge on any atom is 0.326 e. The van der Waals surface area contributed by atoms with E-state index in [0.717, 1.165) is 12.8 Å². The van der Waals surface area contributed by atoms with E-state index in [-0.39, 0.29) is 5.97 Å². The summed E-state index contributed by atoms with van der Waals surface area (Å²) in [5.41, 5.74) is 5.20. The first-order valence-corrected chi connectivity index (χ1v) is 7.00. The monoisotopic (exact) mass is 243 g/mol. The molecule has 0 aliphatic carbocycles. The van der Waals surface area contributed by atoms with Gasteiger partial charge in [-0.15, -0.1) is 0 Å². The van der Waals surface area contributed by atoms with Crippen molar-refractivity contribution in [1.82, 2.24) is 0 Å². The standard InChI is InChI=1S/C14H29NO2/c1-5-9-10-12(6-2)11-17-13(16)14(15,7-3)8-4/h12H,5-11,15H2,1-4H3. The van der Waals surface area contributed by atoms with Crippen molar-refractivity contribution in [1.29, 1.82) is 0 Å². The van der Waals surface area contributed by atoms with Crippen molar-refractivity contribution >= 4 is 5.97 Å². The van der Waals surface area contributed by atoms with Crippen molar-refractivity contribution in [3.8, 4) is 0 Å². The molecule has 1 unspecified atom stereocenters. The van der Waals surface area contributed by atoms with Crippen LogP contribution in [0.5, 0.6) is 0 Å². The number of carbonyl (C=O) groups excluding carboxylic acids is 1. The fraction of sp³-hybridized carbons (Fsp3) is 0.929. The third kappa shape index (κ3) is 5.53. The minimum Gasteiger partial charge on any atom is -0.464 e. The van der Waals surface area contributed by atoms with Gasteiger partial charge >= 0.3 is 5.97 Å². The zero-order valence-electron chi connectivity index (χ0n) is 11.9. The van der Waals surface area contributed by atoms with E-state index >= 15 is 0 Å². The first-order valence-electron chi connectivity index (χ1n) is 7.00. The number of ether oxygens (including phenoxy) is 1. The summed E-state index contributed by atoms with van der Waals surface area (Å²) < 4.78 is 5.38. The van der Waals surface area contributed by atoms with Crippen LogP contribution in [0.2, 0.25) is 0 Å². The van der Waals surface area contributed by atoms with Crippen molar-refractivity contribution in [2.45, 2.75) is 71.8 Å². The Balaban J connectivity index is 4.11. The highest BCUT2D eigenvalue weighted by Gasteiger charge is 2.31. The molecule has 0 amide bonds. The highest BCUT2D eigenvalue weighted by molar-refractivity contribution is 5.80. The van der Waals surface area contributed by atoms with Crippen LogP contribution in [-0.4, -0.2) is 18.1 Å². The summed E-state index contributed by atoms with van der Waals surface area (Å²) in [7, 11) is 0. The predicted molar refractivity (Wildman–Crippen MR) is 71.8 cm³/mol. The van der Waals surface area contributed by atoms with Crippen molar-refractivity contribution < 1.29 is 9.53 Å². The molecule has 0 aliphatic heterocycles. The second-order valence-corrected chi connectivity index (χ2v) is 4.88. The molecule has 0 aromatic carbocycles. The van der Waals surface area contributed by atoms with Crippen molar-refractivity contribution in [2.24, 2.45) is 11.7 Å². The second kappa shape index (κ2) is 8.51. The highest BCUT2D eigenvalue weighted by Crippen LogP contribution is 2.17. The molecule has 0 saturated carbocycles. The Morgan fingerprint density at radius 3 is 2.24 bits per heavy atom. The normalized spacial score (nSPS) is 13.5. The summed E-state index contributed by atoms with van der Waals surface area (Å²) >= 11 is 0. The fourth-order valence-corrected chi connectivity index (χ4v) is 1.77. The van der Waals surface area contributed by atoms with Gasteiger partial charge in [-0.25, -0.2) is 0 Å². The maximum atomic E-state index is 11.9. The van der Waals surface area contributed by atoms with E-state index in [1.54, 1.807) is 0 Å². The molecule has 0 bridgehead atoms. The van der Waals surface area contributed by atoms with Gasteiger partial charge in [0.1, 0.15) is 5.54 Å². The average Bonchev–Trinajstić information content (AvgIpc) is 2.37. The van der Waals surface area contributed by atoms with Crippen LogP contribution in [0, 0.1) is 5.92 Å². The SMILES string of the molecule is CCCCC(CC)COC(=O)C(N)(CC)CC. The summed E-state index contributed by atoms with van der Waals surface area (Å²) in [5, 5.41) is 0. The maximum absolute atomic E-state index is 11.9. The molecule has 3 heteroatoms. The molecule has 0 heterocycles. The Morgan fingerprint density at radius 1 is 1.24 bits per heavy atom. The molecule has 0 spiro atoms. The van der Waals surface area contributed by atoms with Gasteiger partial charge in [0.15, 0.2) is 0 Å². The van der Waals surface area contributed by atoms with E-state index in [1.807, 2.05) is 13.8 Å². The number of esters is 1. The average molecular weight is 243 g/mol. The molecular weight excluding hydrogens is 214 g/mol. The van der Waals surface area contributed by atoms with Crippen LogP contribution in [0.15, 0.2) is 0 Å². The van der Waals surface area contributed by atoms with E-state index in [0.29, 0.717) is 25.4 Å². The molecule has 0 radical (unpaired) electrons. The van der Waals surface area contributed by atoms with E-state index in [2.05, 4.69) is 13.8 Å². The van der Waals surface area contributed by atoms with E-state index in [1.165, 1.54) is 12.8 Å². The Bertz CT molecular complexity index is 212. The van der Waals surface area contributed by atoms with Crippen LogP contribution < -0.4 is 5.73 Å². The Labute approximate surface area is 106 Å². The van der Waals surface area contributed by atoms with Gasteiger partial charge in [-0.05, 0) is 25.2 Å². The van der Waals surface area contributed by atoms with Crippen LogP contribution >= 0.6 is 0 Å². The molecule has 17 heavy (non-hydrogen) atoms. The molecule has 0 rings (SSSR count). The highest BCUT2D eigenvalue weighted by atomic mass is 16.5. The lowest BCUT2D eigenvalue weighted by Gasteiger charge is -2.25. The summed E-state index contributed by atoms with van der Waals surface area (Å²) in [6.45, 7) is 8.70. The minimum absolute atomic E-state index is 0.238. The lowest BCUT2D eigenvalue weighted by Crippen LogP contribution is -2.48. The van der Waals surface area contributed by atoms with Gasteiger partial charge in [-0.1, -0.05) is 47.0 Å². The third-order valence-corrected chi connectivity index (χ3v) is 3.66. The first-order chi connectivity index (χ1) is 8.03. The zero-order valence-corrected chi connectivity index (χ0v) is 11.9. The number of carbonyl (C=O) groups is 1. The number of nitrogens with two attached hydrogens (primary N) is 1. The zero-order chi connectivity index (χ0) is 13.3. The van der Waals surface area contributed by atoms with Gasteiger partial charge in [0.2, 0.25) is 0 Å². The topological polar surface area (TPSA) is 52.3 Å². The molecule has 0 aliphatic rings. The van der Waals surface area contributed by atoms with E-state index in [9.17, 15) is 4.79 Å². The smallest absolute Gasteiger partial charge is 0.326 e. The van der Waals surface area contributed by atoms with Gasteiger partial charge in [0.25, 0.3) is 0 Å². The summed E-state index contributed by atoms with van der Waals surface area (Å²) in [6, 6.07) is 0. The number of rotatable bonds is 9. The van der Waals surface area contributed by atoms with Crippen molar-refractivity contribution in [3.05, 3.63) is 0 Å². The largest absolute Gasteiger partial charge is 0.464 e. The number of hydrogen-bond donors (Lipinski definition) is 1. The van der Waals surface area contributed by atoms with E-state index < -0.39 is 5.54 Å². The lowest BCUT2D eigenvalue weighted by atomic mass is 9.94. The quantitative estimate of drug-likeness (QED) is 0.632. The van der Waals surface area contributed by atoms with Crippen LogP contribution in [0.25, 0.3) is 0 Å². The third-order valence-electron chi connectivity index (χ3n) is 3.66. The molecule has 3 nitrogen and oxygen atoms in total. The fourth-order valence-electron chi connectivity index (χ4n) is 1.77. The van der Waals surface area contributed by atoms with E-state index in [4.69, 9.17) is 10.5 Å². The molecule has 0 fully saturated rings. The van der Waals surface area contributed by atoms with Crippen LogP contribution in [0.1, 0.15) is 66.2 Å². The van der Waals surface area contributed by atoms with Crippen molar-refractivity contribution in [2.75, 3.05) is 6.61 Å². The molecule has 2 N–H and O–H groups in total. The van der Waals surface area contributed by atoms with Crippen LogP contribution in [-0.2, 0) is 9.53 Å². The van der Waals surface area contributed by atoms with Gasteiger partial charge in [-0.2, -0.15) is 0 Å². The van der Waals surface area contributed by atoms with Crippen molar-refractivity contribution in [3.63, 3.8) is 0 Å². The Hall–Kier alpha value is -0.570. The molecule has 1 atom stereocenters. The van der Waals surface area contributed by atoms with Gasteiger partial charge in [0, 0.05) is 0 Å². The van der Waals surface area contributed by atoms with Gasteiger partial charge in [0.05, 0.1) is 6.61 Å². The van der Waals surface area contributed by atoms with Gasteiger partial charge < -0.3 is 10.5 Å². The molecule has 0 aromatic rings. The van der Waals surface area contributed by atoms with Gasteiger partial charge in [-0.3, -0.25) is 4.79 Å². The van der Waals surface area contributed by atoms with Crippen LogP contribution in [0.3, 0.4) is 0 Å². The molecule has 0 saturated heterocycles. The van der Waals surface area contributed by atoms with Crippen LogP contribution in [0.4, 0.5) is 0 Å². The Kier molecular flexibility index (Phi) is 8.23. The summed E-state index contributed by atoms with van der Waals surface area (Å²) in [5.74, 6) is 0.245. The second-order valence-electron chi connectivity index (χ2n) is 4.88.